The minimum atomic E-state index is -0.281. The molecule has 1 aliphatic heterocycles. The number of hydrogen-bond donors (Lipinski definition) is 2. The number of ether oxygens (including phenoxy) is 1. The second-order valence-electron chi connectivity index (χ2n) is 5.00. The van der Waals surface area contributed by atoms with E-state index >= 15 is 0 Å². The van der Waals surface area contributed by atoms with Gasteiger partial charge in [-0.15, -0.1) is 0 Å². The van der Waals surface area contributed by atoms with Crippen molar-refractivity contribution in [2.45, 2.75) is 19.9 Å². The van der Waals surface area contributed by atoms with Gasteiger partial charge in [0.05, 0.1) is 20.2 Å². The fourth-order valence-electron chi connectivity index (χ4n) is 2.64. The molecule has 1 fully saturated rings. The number of benzene rings is 1. The lowest BCUT2D eigenvalue weighted by Gasteiger charge is -2.31. The second kappa shape index (κ2) is 6.58. The Morgan fingerprint density at radius 3 is 2.57 bits per heavy atom. The number of methoxy groups -OCH3 is 1. The van der Waals surface area contributed by atoms with E-state index in [1.807, 2.05) is 32.0 Å². The Morgan fingerprint density at radius 1 is 1.33 bits per heavy atom. The molecular formula is C15H21N3O3. The number of nitrogens with zero attached hydrogens (tertiary/aromatic N) is 1. The van der Waals surface area contributed by atoms with E-state index in [2.05, 4.69) is 10.6 Å². The average Bonchev–Trinajstić information content (AvgIpc) is 2.45. The van der Waals surface area contributed by atoms with Crippen LogP contribution in [-0.4, -0.2) is 38.6 Å². The van der Waals surface area contributed by atoms with Gasteiger partial charge in [0.15, 0.2) is 0 Å². The van der Waals surface area contributed by atoms with Gasteiger partial charge < -0.3 is 15.0 Å². The summed E-state index contributed by atoms with van der Waals surface area (Å²) in [5.41, 5.74) is 1.82. The van der Waals surface area contributed by atoms with Crippen LogP contribution in [0.15, 0.2) is 18.2 Å². The van der Waals surface area contributed by atoms with Gasteiger partial charge in [0.2, 0.25) is 11.8 Å². The Hall–Kier alpha value is -2.08. The number of carbonyl (C=O) groups is 2. The number of rotatable bonds is 5. The third kappa shape index (κ3) is 3.33. The molecule has 1 atom stereocenters. The first-order valence-electron chi connectivity index (χ1n) is 7.04. The van der Waals surface area contributed by atoms with Crippen LogP contribution < -0.4 is 20.3 Å². The molecule has 1 unspecified atom stereocenters. The Morgan fingerprint density at radius 2 is 2.00 bits per heavy atom. The number of anilines is 1. The minimum absolute atomic E-state index is 0.0567. The SMILES string of the molecule is CCNC(C)c1c(OC)cccc1N1CC(=O)NC(=O)C1. The first kappa shape index (κ1) is 15.3. The number of imide groups is 1. The molecule has 0 saturated carbocycles. The quantitative estimate of drug-likeness (QED) is 0.786. The zero-order chi connectivity index (χ0) is 15.4. The average molecular weight is 291 g/mol. The Labute approximate surface area is 124 Å². The lowest BCUT2D eigenvalue weighted by Crippen LogP contribution is -2.51. The van der Waals surface area contributed by atoms with Crippen molar-refractivity contribution in [1.82, 2.24) is 10.6 Å². The van der Waals surface area contributed by atoms with Crippen molar-refractivity contribution in [3.05, 3.63) is 23.8 Å². The largest absolute Gasteiger partial charge is 0.496 e. The van der Waals surface area contributed by atoms with Crippen molar-refractivity contribution >= 4 is 17.5 Å². The summed E-state index contributed by atoms with van der Waals surface area (Å²) in [7, 11) is 1.62. The van der Waals surface area contributed by atoms with Gasteiger partial charge >= 0.3 is 0 Å². The van der Waals surface area contributed by atoms with Crippen LogP contribution in [0.25, 0.3) is 0 Å². The van der Waals surface area contributed by atoms with Crippen LogP contribution in [0.5, 0.6) is 5.75 Å². The molecule has 6 heteroatoms. The summed E-state index contributed by atoms with van der Waals surface area (Å²) >= 11 is 0. The molecule has 21 heavy (non-hydrogen) atoms. The Balaban J connectivity index is 2.42. The van der Waals surface area contributed by atoms with Gasteiger partial charge in [0, 0.05) is 17.3 Å². The number of hydrogen-bond acceptors (Lipinski definition) is 5. The highest BCUT2D eigenvalue weighted by molar-refractivity contribution is 6.02. The van der Waals surface area contributed by atoms with Crippen molar-refractivity contribution in [3.8, 4) is 5.75 Å². The van der Waals surface area contributed by atoms with Gasteiger partial charge in [-0.3, -0.25) is 14.9 Å². The molecule has 1 saturated heterocycles. The maximum Gasteiger partial charge on any atom is 0.246 e. The molecule has 0 aromatic heterocycles. The molecule has 6 nitrogen and oxygen atoms in total. The molecule has 114 valence electrons. The minimum Gasteiger partial charge on any atom is -0.496 e. The lowest BCUT2D eigenvalue weighted by molar-refractivity contribution is -0.130. The monoisotopic (exact) mass is 291 g/mol. The molecule has 2 amide bonds. The maximum atomic E-state index is 11.6. The molecule has 1 aromatic rings. The number of piperazine rings is 1. The van der Waals surface area contributed by atoms with E-state index < -0.39 is 0 Å². The molecule has 0 aliphatic carbocycles. The predicted octanol–water partition coefficient (Wildman–Crippen LogP) is 0.828. The Kier molecular flexibility index (Phi) is 4.80. The van der Waals surface area contributed by atoms with Crippen LogP contribution in [0.2, 0.25) is 0 Å². The van der Waals surface area contributed by atoms with Gasteiger partial charge in [-0.2, -0.15) is 0 Å². The summed E-state index contributed by atoms with van der Waals surface area (Å²) in [6.07, 6.45) is 0. The predicted molar refractivity (Wildman–Crippen MR) is 80.4 cm³/mol. The lowest BCUT2D eigenvalue weighted by atomic mass is 10.0. The summed E-state index contributed by atoms with van der Waals surface area (Å²) in [4.78, 5) is 25.0. The molecule has 1 heterocycles. The molecular weight excluding hydrogens is 270 g/mol. The number of nitrogens with one attached hydrogen (secondary N) is 2. The molecule has 1 aliphatic rings. The molecule has 1 aromatic carbocycles. The van der Waals surface area contributed by atoms with Crippen LogP contribution in [0.1, 0.15) is 25.5 Å². The zero-order valence-electron chi connectivity index (χ0n) is 12.6. The van der Waals surface area contributed by atoms with E-state index in [1.165, 1.54) is 0 Å². The summed E-state index contributed by atoms with van der Waals surface area (Å²) in [6.45, 7) is 5.23. The third-order valence-corrected chi connectivity index (χ3v) is 3.49. The highest BCUT2D eigenvalue weighted by atomic mass is 16.5. The highest BCUT2D eigenvalue weighted by Gasteiger charge is 2.26. The smallest absolute Gasteiger partial charge is 0.246 e. The molecule has 2 N–H and O–H groups in total. The first-order valence-corrected chi connectivity index (χ1v) is 7.04. The van der Waals surface area contributed by atoms with Crippen molar-refractivity contribution in [2.75, 3.05) is 31.6 Å². The van der Waals surface area contributed by atoms with Gasteiger partial charge in [0.1, 0.15) is 5.75 Å². The highest BCUT2D eigenvalue weighted by Crippen LogP contribution is 2.34. The van der Waals surface area contributed by atoms with Crippen LogP contribution in [0, 0.1) is 0 Å². The molecule has 0 spiro atoms. The maximum absolute atomic E-state index is 11.6. The summed E-state index contributed by atoms with van der Waals surface area (Å²) < 4.78 is 5.45. The summed E-state index contributed by atoms with van der Waals surface area (Å²) in [6, 6.07) is 5.73. The summed E-state index contributed by atoms with van der Waals surface area (Å²) in [5.74, 6) is 0.187. The van der Waals surface area contributed by atoms with Gasteiger partial charge in [-0.25, -0.2) is 0 Å². The van der Waals surface area contributed by atoms with Gasteiger partial charge in [-0.1, -0.05) is 13.0 Å². The van der Waals surface area contributed by atoms with Crippen LogP contribution >= 0.6 is 0 Å². The third-order valence-electron chi connectivity index (χ3n) is 3.49. The fraction of sp³-hybridized carbons (Fsp3) is 0.467. The van der Waals surface area contributed by atoms with E-state index in [1.54, 1.807) is 12.0 Å². The van der Waals surface area contributed by atoms with Crippen molar-refractivity contribution in [2.24, 2.45) is 0 Å². The number of carbonyl (C=O) groups excluding carboxylic acids is 2. The molecule has 0 radical (unpaired) electrons. The Bertz CT molecular complexity index is 529. The van der Waals surface area contributed by atoms with Crippen LogP contribution in [0.4, 0.5) is 5.69 Å². The van der Waals surface area contributed by atoms with E-state index in [0.717, 1.165) is 23.5 Å². The van der Waals surface area contributed by atoms with Gasteiger partial charge in [0.25, 0.3) is 0 Å². The van der Waals surface area contributed by atoms with Crippen molar-refractivity contribution < 1.29 is 14.3 Å². The van der Waals surface area contributed by atoms with E-state index in [4.69, 9.17) is 4.74 Å². The van der Waals surface area contributed by atoms with Crippen molar-refractivity contribution in [1.29, 1.82) is 0 Å². The zero-order valence-corrected chi connectivity index (χ0v) is 12.6. The standard InChI is InChI=1S/C15H21N3O3/c1-4-16-10(2)15-11(6-5-7-12(15)21-3)18-8-13(19)17-14(20)9-18/h5-7,10,16H,4,8-9H2,1-3H3,(H,17,19,20). The summed E-state index contributed by atoms with van der Waals surface area (Å²) in [5, 5.41) is 5.66. The van der Waals surface area contributed by atoms with Crippen LogP contribution in [0.3, 0.4) is 0 Å². The normalized spacial score (nSPS) is 16.6. The fourth-order valence-corrected chi connectivity index (χ4v) is 2.64. The topological polar surface area (TPSA) is 70.7 Å². The van der Waals surface area contributed by atoms with Crippen LogP contribution in [-0.2, 0) is 9.59 Å². The van der Waals surface area contributed by atoms with Crippen molar-refractivity contribution in [3.63, 3.8) is 0 Å². The first-order chi connectivity index (χ1) is 10.1. The second-order valence-corrected chi connectivity index (χ2v) is 5.00. The van der Waals surface area contributed by atoms with E-state index in [9.17, 15) is 9.59 Å². The number of amides is 2. The molecule has 2 rings (SSSR count). The van der Waals surface area contributed by atoms with E-state index in [0.29, 0.717) is 0 Å². The van der Waals surface area contributed by atoms with E-state index in [-0.39, 0.29) is 30.9 Å². The molecule has 0 bridgehead atoms. The van der Waals surface area contributed by atoms with Gasteiger partial charge in [-0.05, 0) is 25.6 Å².